The number of nitrogens with zero attached hydrogens (tertiary/aromatic N) is 3. The van der Waals surface area contributed by atoms with Gasteiger partial charge in [-0.05, 0) is 49.1 Å². The van der Waals surface area contributed by atoms with Crippen molar-refractivity contribution in [2.45, 2.75) is 38.4 Å². The maximum absolute atomic E-state index is 13.4. The van der Waals surface area contributed by atoms with E-state index in [1.807, 2.05) is 13.1 Å². The molecule has 1 N–H and O–H groups in total. The maximum atomic E-state index is 13.4. The number of rotatable bonds is 6. The van der Waals surface area contributed by atoms with E-state index in [4.69, 9.17) is 4.42 Å². The van der Waals surface area contributed by atoms with E-state index in [1.54, 1.807) is 35.0 Å². The number of fused-ring (bicyclic) bond motifs is 1. The van der Waals surface area contributed by atoms with Crippen molar-refractivity contribution < 1.29 is 18.0 Å². The summed E-state index contributed by atoms with van der Waals surface area (Å²) in [5.74, 6) is -1.13. The number of nitrogens with one attached hydrogen (secondary N) is 1. The third-order valence-corrected chi connectivity index (χ3v) is 5.56. The van der Waals surface area contributed by atoms with Gasteiger partial charge in [-0.25, -0.2) is 8.78 Å². The molecule has 3 aromatic rings. The molecule has 1 aliphatic rings. The standard InChI is InChI=1S/C22H24F2N4O2/c1-27(13-16-4-3-9-30-16)22(29)21-17-11-15(6-8-20(17)28(2)26-21)25-12-14-5-7-18(23)19(24)10-14/h3-5,7,9-10,15,25H,6,8,11-13H2,1-2H3/t15-/m1/s1. The molecule has 0 fully saturated rings. The summed E-state index contributed by atoms with van der Waals surface area (Å²) in [6.07, 6.45) is 3.91. The van der Waals surface area contributed by atoms with Crippen LogP contribution in [-0.4, -0.2) is 33.7 Å². The normalized spacial score (nSPS) is 15.8. The van der Waals surface area contributed by atoms with Gasteiger partial charge in [-0.3, -0.25) is 9.48 Å². The lowest BCUT2D eigenvalue weighted by molar-refractivity contribution is 0.0767. The Morgan fingerprint density at radius 2 is 2.17 bits per heavy atom. The van der Waals surface area contributed by atoms with Crippen molar-refractivity contribution in [3.8, 4) is 0 Å². The molecule has 0 saturated heterocycles. The van der Waals surface area contributed by atoms with Gasteiger partial charge < -0.3 is 14.6 Å². The molecule has 0 spiro atoms. The fourth-order valence-electron chi connectivity index (χ4n) is 3.94. The number of aryl methyl sites for hydroxylation is 1. The topological polar surface area (TPSA) is 63.3 Å². The summed E-state index contributed by atoms with van der Waals surface area (Å²) >= 11 is 0. The predicted molar refractivity (Wildman–Crippen MR) is 107 cm³/mol. The van der Waals surface area contributed by atoms with Gasteiger partial charge in [0.05, 0.1) is 12.8 Å². The lowest BCUT2D eigenvalue weighted by atomic mass is 9.91. The summed E-state index contributed by atoms with van der Waals surface area (Å²) in [6, 6.07) is 7.66. The Morgan fingerprint density at radius 1 is 1.33 bits per heavy atom. The molecular weight excluding hydrogens is 390 g/mol. The molecule has 0 unspecified atom stereocenters. The average Bonchev–Trinajstić information content (AvgIpc) is 3.36. The number of aromatic nitrogens is 2. The van der Waals surface area contributed by atoms with Gasteiger partial charge in [0.15, 0.2) is 17.3 Å². The zero-order valence-corrected chi connectivity index (χ0v) is 17.0. The highest BCUT2D eigenvalue weighted by Crippen LogP contribution is 2.26. The van der Waals surface area contributed by atoms with E-state index in [0.29, 0.717) is 36.5 Å². The van der Waals surface area contributed by atoms with Crippen LogP contribution in [0.3, 0.4) is 0 Å². The smallest absolute Gasteiger partial charge is 0.274 e. The van der Waals surface area contributed by atoms with Crippen molar-refractivity contribution in [2.75, 3.05) is 7.05 Å². The maximum Gasteiger partial charge on any atom is 0.274 e. The van der Waals surface area contributed by atoms with Crippen LogP contribution in [-0.2, 0) is 33.0 Å². The van der Waals surface area contributed by atoms with E-state index in [2.05, 4.69) is 10.4 Å². The third-order valence-electron chi connectivity index (χ3n) is 5.56. The first-order valence-corrected chi connectivity index (χ1v) is 9.92. The second kappa shape index (κ2) is 8.39. The molecule has 2 aromatic heterocycles. The Labute approximate surface area is 173 Å². The minimum Gasteiger partial charge on any atom is -0.467 e. The average molecular weight is 414 g/mol. The molecule has 0 bridgehead atoms. The number of amides is 1. The van der Waals surface area contributed by atoms with Gasteiger partial charge in [0.25, 0.3) is 5.91 Å². The summed E-state index contributed by atoms with van der Waals surface area (Å²) in [6.45, 7) is 0.800. The summed E-state index contributed by atoms with van der Waals surface area (Å²) < 4.78 is 33.7. The van der Waals surface area contributed by atoms with E-state index in [9.17, 15) is 13.6 Å². The highest BCUT2D eigenvalue weighted by molar-refractivity contribution is 5.94. The number of hydrogen-bond acceptors (Lipinski definition) is 4. The third kappa shape index (κ3) is 4.14. The molecule has 0 radical (unpaired) electrons. The van der Waals surface area contributed by atoms with Gasteiger partial charge in [-0.15, -0.1) is 0 Å². The Kier molecular flexibility index (Phi) is 5.67. The van der Waals surface area contributed by atoms with Gasteiger partial charge in [-0.1, -0.05) is 6.07 Å². The second-order valence-electron chi connectivity index (χ2n) is 7.71. The lowest BCUT2D eigenvalue weighted by Gasteiger charge is -2.25. The molecule has 158 valence electrons. The van der Waals surface area contributed by atoms with Gasteiger partial charge in [0.2, 0.25) is 0 Å². The van der Waals surface area contributed by atoms with Crippen LogP contribution in [0, 0.1) is 11.6 Å². The van der Waals surface area contributed by atoms with Crippen molar-refractivity contribution in [2.24, 2.45) is 7.05 Å². The first kappa shape index (κ1) is 20.3. The summed E-state index contributed by atoms with van der Waals surface area (Å²) in [5.41, 5.74) is 3.15. The zero-order chi connectivity index (χ0) is 21.3. The zero-order valence-electron chi connectivity index (χ0n) is 17.0. The number of hydrogen-bond donors (Lipinski definition) is 1. The highest BCUT2D eigenvalue weighted by atomic mass is 19.2. The van der Waals surface area contributed by atoms with Crippen molar-refractivity contribution in [1.29, 1.82) is 0 Å². The number of carbonyl (C=O) groups excluding carboxylic acids is 1. The molecule has 0 saturated carbocycles. The molecular formula is C22H24F2N4O2. The highest BCUT2D eigenvalue weighted by Gasteiger charge is 2.29. The Bertz CT molecular complexity index is 1050. The second-order valence-corrected chi connectivity index (χ2v) is 7.71. The fourth-order valence-corrected chi connectivity index (χ4v) is 3.94. The first-order chi connectivity index (χ1) is 14.4. The van der Waals surface area contributed by atoms with Crippen LogP contribution in [0.25, 0.3) is 0 Å². The molecule has 1 atom stereocenters. The van der Waals surface area contributed by atoms with Crippen LogP contribution in [0.4, 0.5) is 8.78 Å². The molecule has 1 amide bonds. The molecule has 1 aliphatic carbocycles. The SMILES string of the molecule is CN(Cc1ccco1)C(=O)c1nn(C)c2c1C[C@H](NCc1ccc(F)c(F)c1)CC2. The molecule has 30 heavy (non-hydrogen) atoms. The molecule has 1 aromatic carbocycles. The van der Waals surface area contributed by atoms with E-state index in [-0.39, 0.29) is 11.9 Å². The molecule has 4 rings (SSSR count). The van der Waals surface area contributed by atoms with Gasteiger partial charge in [-0.2, -0.15) is 5.10 Å². The van der Waals surface area contributed by atoms with E-state index in [1.165, 1.54) is 6.07 Å². The van der Waals surface area contributed by atoms with Crippen molar-refractivity contribution >= 4 is 5.91 Å². The molecule has 8 heteroatoms. The summed E-state index contributed by atoms with van der Waals surface area (Å²) in [4.78, 5) is 14.6. The Balaban J connectivity index is 1.45. The largest absolute Gasteiger partial charge is 0.467 e. The number of benzene rings is 1. The number of halogens is 2. The van der Waals surface area contributed by atoms with Crippen LogP contribution in [0.5, 0.6) is 0 Å². The summed E-state index contributed by atoms with van der Waals surface area (Å²) in [5, 5.41) is 7.89. The number of carbonyl (C=O) groups is 1. The van der Waals surface area contributed by atoms with Crippen LogP contribution in [0.1, 0.15) is 39.5 Å². The van der Waals surface area contributed by atoms with E-state index in [0.717, 1.165) is 30.2 Å². The van der Waals surface area contributed by atoms with Gasteiger partial charge in [0.1, 0.15) is 5.76 Å². The lowest BCUT2D eigenvalue weighted by Crippen LogP contribution is -2.35. The van der Waals surface area contributed by atoms with Gasteiger partial charge in [0, 0.05) is 37.9 Å². The van der Waals surface area contributed by atoms with E-state index < -0.39 is 11.6 Å². The van der Waals surface area contributed by atoms with Crippen molar-refractivity contribution in [3.63, 3.8) is 0 Å². The van der Waals surface area contributed by atoms with Crippen LogP contribution in [0.15, 0.2) is 41.0 Å². The minimum atomic E-state index is -0.849. The fraction of sp³-hybridized carbons (Fsp3) is 0.364. The van der Waals surface area contributed by atoms with Crippen LogP contribution in [0.2, 0.25) is 0 Å². The number of furan rings is 1. The van der Waals surface area contributed by atoms with Crippen molar-refractivity contribution in [3.05, 3.63) is 76.5 Å². The van der Waals surface area contributed by atoms with E-state index >= 15 is 0 Å². The summed E-state index contributed by atoms with van der Waals surface area (Å²) in [7, 11) is 3.59. The Hall–Kier alpha value is -3.00. The van der Waals surface area contributed by atoms with Gasteiger partial charge >= 0.3 is 0 Å². The molecule has 6 nitrogen and oxygen atoms in total. The Morgan fingerprint density at radius 3 is 2.90 bits per heavy atom. The first-order valence-electron chi connectivity index (χ1n) is 9.92. The monoisotopic (exact) mass is 414 g/mol. The van der Waals surface area contributed by atoms with Crippen LogP contribution < -0.4 is 5.32 Å². The van der Waals surface area contributed by atoms with Crippen LogP contribution >= 0.6 is 0 Å². The molecule has 0 aliphatic heterocycles. The predicted octanol–water partition coefficient (Wildman–Crippen LogP) is 3.21. The quantitative estimate of drug-likeness (QED) is 0.673. The van der Waals surface area contributed by atoms with Crippen molar-refractivity contribution in [1.82, 2.24) is 20.0 Å². The minimum absolute atomic E-state index is 0.122. The molecule has 2 heterocycles.